The van der Waals surface area contributed by atoms with Gasteiger partial charge in [-0.1, -0.05) is 29.5 Å². The van der Waals surface area contributed by atoms with Crippen molar-refractivity contribution in [2.24, 2.45) is 10.3 Å². The molecule has 2 aromatic rings. The molecule has 0 radical (unpaired) electrons. The van der Waals surface area contributed by atoms with Crippen LogP contribution in [-0.4, -0.2) is 32.1 Å². The van der Waals surface area contributed by atoms with Crippen molar-refractivity contribution in [2.45, 2.75) is 6.42 Å². The number of hydrogen-bond acceptors (Lipinski definition) is 3. The minimum atomic E-state index is -0.727. The van der Waals surface area contributed by atoms with Gasteiger partial charge in [0.05, 0.1) is 5.69 Å². The molecule has 0 aromatic heterocycles. The molecule has 0 fully saturated rings. The lowest BCUT2D eigenvalue weighted by molar-refractivity contribution is 0.400. The number of halogens is 2. The van der Waals surface area contributed by atoms with Gasteiger partial charge < -0.3 is 4.90 Å². The zero-order valence-corrected chi connectivity index (χ0v) is 13.3. The average molecular weight is 318 g/mol. The van der Waals surface area contributed by atoms with Crippen molar-refractivity contribution in [3.05, 3.63) is 60.2 Å². The molecule has 0 heterocycles. The molecule has 0 saturated carbocycles. The fourth-order valence-corrected chi connectivity index (χ4v) is 2.05. The van der Waals surface area contributed by atoms with Crippen LogP contribution in [0.25, 0.3) is 0 Å². The summed E-state index contributed by atoms with van der Waals surface area (Å²) in [5.74, 6) is -1.45. The summed E-state index contributed by atoms with van der Waals surface area (Å²) < 4.78 is 27.3. The third-order valence-corrected chi connectivity index (χ3v) is 3.22. The molecule has 0 aliphatic carbocycles. The van der Waals surface area contributed by atoms with Crippen LogP contribution in [0.15, 0.2) is 58.9 Å². The van der Waals surface area contributed by atoms with E-state index in [1.54, 1.807) is 5.01 Å². The number of nitrogens with zero attached hydrogens (tertiary/aromatic N) is 4. The minimum absolute atomic E-state index is 0.374. The van der Waals surface area contributed by atoms with Gasteiger partial charge in [-0.2, -0.15) is 0 Å². The second-order valence-electron chi connectivity index (χ2n) is 5.38. The Labute approximate surface area is 135 Å². The van der Waals surface area contributed by atoms with Crippen LogP contribution in [0.4, 0.5) is 20.2 Å². The van der Waals surface area contributed by atoms with E-state index in [0.29, 0.717) is 6.54 Å². The van der Waals surface area contributed by atoms with Crippen molar-refractivity contribution >= 4 is 11.4 Å². The van der Waals surface area contributed by atoms with Gasteiger partial charge in [0.1, 0.15) is 0 Å². The highest BCUT2D eigenvalue weighted by Gasteiger charge is 2.09. The molecule has 0 atom stereocenters. The lowest BCUT2D eigenvalue weighted by atomic mass is 10.3. The molecule has 0 N–H and O–H groups in total. The number of rotatable bonds is 7. The molecule has 0 aliphatic rings. The Hall–Kier alpha value is -2.34. The van der Waals surface area contributed by atoms with Crippen molar-refractivity contribution in [3.63, 3.8) is 0 Å². The Morgan fingerprint density at radius 2 is 1.52 bits per heavy atom. The second-order valence-corrected chi connectivity index (χ2v) is 5.38. The molecule has 0 spiro atoms. The zero-order chi connectivity index (χ0) is 16.7. The van der Waals surface area contributed by atoms with E-state index in [1.807, 2.05) is 44.4 Å². The third-order valence-electron chi connectivity index (χ3n) is 3.22. The first-order chi connectivity index (χ1) is 11.1. The van der Waals surface area contributed by atoms with Gasteiger partial charge in [0.25, 0.3) is 0 Å². The van der Waals surface area contributed by atoms with Crippen molar-refractivity contribution < 1.29 is 8.78 Å². The molecule has 2 rings (SSSR count). The summed E-state index contributed by atoms with van der Waals surface area (Å²) in [6, 6.07) is 13.1. The van der Waals surface area contributed by atoms with E-state index in [-0.39, 0.29) is 5.69 Å². The first-order valence-corrected chi connectivity index (χ1v) is 7.41. The van der Waals surface area contributed by atoms with E-state index in [0.717, 1.165) is 30.8 Å². The number of anilines is 1. The number of para-hydroxylation sites is 1. The van der Waals surface area contributed by atoms with E-state index >= 15 is 0 Å². The summed E-state index contributed by atoms with van der Waals surface area (Å²) in [5.41, 5.74) is 0.452. The highest BCUT2D eigenvalue weighted by molar-refractivity contribution is 5.45. The van der Waals surface area contributed by atoms with Crippen molar-refractivity contribution in [3.8, 4) is 0 Å². The zero-order valence-electron chi connectivity index (χ0n) is 13.3. The summed E-state index contributed by atoms with van der Waals surface area (Å²) in [5, 5.41) is 9.46. The Balaban J connectivity index is 2.18. The summed E-state index contributed by atoms with van der Waals surface area (Å²) in [6.45, 7) is 1.48. The maximum atomic E-state index is 13.6. The fourth-order valence-electron chi connectivity index (χ4n) is 2.05. The Morgan fingerprint density at radius 1 is 0.870 bits per heavy atom. The normalized spacial score (nSPS) is 11.3. The number of hydrogen-bond donors (Lipinski definition) is 0. The van der Waals surface area contributed by atoms with Crippen LogP contribution in [0.3, 0.4) is 0 Å². The topological polar surface area (TPSA) is 31.2 Å². The Bertz CT molecular complexity index is 624. The molecule has 0 amide bonds. The summed E-state index contributed by atoms with van der Waals surface area (Å²) in [6.07, 6.45) is 0.848. The summed E-state index contributed by atoms with van der Waals surface area (Å²) >= 11 is 0. The van der Waals surface area contributed by atoms with Crippen LogP contribution in [-0.2, 0) is 0 Å². The second kappa shape index (κ2) is 8.33. The van der Waals surface area contributed by atoms with E-state index in [9.17, 15) is 8.78 Å². The van der Waals surface area contributed by atoms with Gasteiger partial charge >= 0.3 is 0 Å². The highest BCUT2D eigenvalue weighted by atomic mass is 19.1. The highest BCUT2D eigenvalue weighted by Crippen LogP contribution is 2.23. The van der Waals surface area contributed by atoms with Crippen molar-refractivity contribution in [1.29, 1.82) is 0 Å². The fraction of sp³-hybridized carbons (Fsp3) is 0.294. The van der Waals surface area contributed by atoms with Crippen molar-refractivity contribution in [1.82, 2.24) is 4.90 Å². The maximum Gasteiger partial charge on any atom is 0.159 e. The molecular formula is C17H20F2N4. The predicted molar refractivity (Wildman–Crippen MR) is 87.8 cm³/mol. The van der Waals surface area contributed by atoms with Gasteiger partial charge in [-0.25, -0.2) is 13.8 Å². The van der Waals surface area contributed by atoms with Gasteiger partial charge in [-0.15, -0.1) is 5.11 Å². The largest absolute Gasteiger partial charge is 0.309 e. The van der Waals surface area contributed by atoms with Crippen molar-refractivity contribution in [2.75, 3.05) is 32.2 Å². The SMILES string of the molecule is CN(C)CCCN(N=Nc1c(F)cccc1F)c1ccccc1. The molecule has 0 unspecified atom stereocenters. The van der Waals surface area contributed by atoms with Crippen LogP contribution in [0.2, 0.25) is 0 Å². The van der Waals surface area contributed by atoms with Gasteiger partial charge in [0, 0.05) is 6.54 Å². The monoisotopic (exact) mass is 318 g/mol. The third kappa shape index (κ3) is 5.10. The molecule has 0 bridgehead atoms. The van der Waals surface area contributed by atoms with Crippen LogP contribution in [0, 0.1) is 11.6 Å². The number of benzene rings is 2. The van der Waals surface area contributed by atoms with Crippen LogP contribution in [0.5, 0.6) is 0 Å². The van der Waals surface area contributed by atoms with E-state index in [2.05, 4.69) is 15.2 Å². The molecule has 0 aliphatic heterocycles. The minimum Gasteiger partial charge on any atom is -0.309 e. The first kappa shape index (κ1) is 17.0. The van der Waals surface area contributed by atoms with Crippen LogP contribution in [0.1, 0.15) is 6.42 Å². The first-order valence-electron chi connectivity index (χ1n) is 7.41. The quantitative estimate of drug-likeness (QED) is 0.559. The molecule has 6 heteroatoms. The standard InChI is InChI=1S/C17H20F2N4/c1-22(2)12-7-13-23(14-8-4-3-5-9-14)21-20-17-15(18)10-6-11-16(17)19/h3-6,8-11H,7,12-13H2,1-2H3. The van der Waals surface area contributed by atoms with E-state index < -0.39 is 11.6 Å². The molecule has 122 valence electrons. The molecule has 4 nitrogen and oxygen atoms in total. The molecule has 0 saturated heterocycles. The maximum absolute atomic E-state index is 13.6. The Kier molecular flexibility index (Phi) is 6.17. The van der Waals surface area contributed by atoms with Gasteiger partial charge in [0.2, 0.25) is 0 Å². The lowest BCUT2D eigenvalue weighted by Gasteiger charge is -2.19. The predicted octanol–water partition coefficient (Wildman–Crippen LogP) is 4.42. The van der Waals surface area contributed by atoms with Gasteiger partial charge in [-0.3, -0.25) is 0 Å². The molecule has 23 heavy (non-hydrogen) atoms. The molecule has 2 aromatic carbocycles. The molecular weight excluding hydrogens is 298 g/mol. The van der Waals surface area contributed by atoms with E-state index in [1.165, 1.54) is 6.07 Å². The average Bonchev–Trinajstić information content (AvgIpc) is 2.53. The van der Waals surface area contributed by atoms with Gasteiger partial charge in [-0.05, 0) is 51.3 Å². The lowest BCUT2D eigenvalue weighted by Crippen LogP contribution is -2.22. The summed E-state index contributed by atoms with van der Waals surface area (Å²) in [4.78, 5) is 2.07. The summed E-state index contributed by atoms with van der Waals surface area (Å²) in [7, 11) is 3.98. The van der Waals surface area contributed by atoms with Crippen LogP contribution >= 0.6 is 0 Å². The van der Waals surface area contributed by atoms with Crippen LogP contribution < -0.4 is 5.01 Å². The van der Waals surface area contributed by atoms with E-state index in [4.69, 9.17) is 0 Å². The smallest absolute Gasteiger partial charge is 0.159 e. The van der Waals surface area contributed by atoms with Gasteiger partial charge in [0.15, 0.2) is 17.3 Å². The Morgan fingerprint density at radius 3 is 2.13 bits per heavy atom.